The second-order valence-electron chi connectivity index (χ2n) is 6.61. The molecule has 1 aliphatic rings. The molecule has 27 heavy (non-hydrogen) atoms. The lowest BCUT2D eigenvalue weighted by molar-refractivity contribution is -0.914. The number of nitro benzene ring substituents is 1. The molecule has 1 fully saturated rings. The number of carbonyl (C=O) groups is 1. The van der Waals surface area contributed by atoms with Crippen LogP contribution in [-0.2, 0) is 4.79 Å². The van der Waals surface area contributed by atoms with Crippen molar-refractivity contribution in [3.05, 3.63) is 64.5 Å². The minimum absolute atomic E-state index is 0.0708. The van der Waals surface area contributed by atoms with E-state index in [2.05, 4.69) is 10.2 Å². The molecule has 3 rings (SSSR count). The third-order valence-corrected chi connectivity index (χ3v) is 4.97. The first-order valence-corrected chi connectivity index (χ1v) is 8.85. The summed E-state index contributed by atoms with van der Waals surface area (Å²) in [5.41, 5.74) is 1.20. The van der Waals surface area contributed by atoms with Crippen molar-refractivity contribution in [1.82, 2.24) is 0 Å². The highest BCUT2D eigenvalue weighted by molar-refractivity contribution is 5.93. The first-order valence-electron chi connectivity index (χ1n) is 8.85. The number of hydrogen-bond acceptors (Lipinski definition) is 4. The monoisotopic (exact) mass is 373 g/mol. The standard InChI is InChI=1S/C19H21FN4O3/c1-14(19(25)21-18-5-3-2-4-17(18)20)22-10-12-23(13-11-22)15-6-8-16(9-7-15)24(26)27/h2-9,14H,10-13H2,1H3,(H,21,25)/p+1/t14-/m1/s1. The lowest BCUT2D eigenvalue weighted by atomic mass is 10.2. The molecule has 1 aliphatic heterocycles. The quantitative estimate of drug-likeness (QED) is 0.614. The third kappa shape index (κ3) is 4.40. The van der Waals surface area contributed by atoms with Crippen LogP contribution in [0.4, 0.5) is 21.5 Å². The summed E-state index contributed by atoms with van der Waals surface area (Å²) in [5.74, 6) is -0.657. The molecule has 7 nitrogen and oxygen atoms in total. The van der Waals surface area contributed by atoms with Gasteiger partial charge >= 0.3 is 0 Å². The van der Waals surface area contributed by atoms with E-state index < -0.39 is 10.7 Å². The van der Waals surface area contributed by atoms with Crippen LogP contribution in [0.1, 0.15) is 6.92 Å². The van der Waals surface area contributed by atoms with Crippen LogP contribution in [0.15, 0.2) is 48.5 Å². The number of benzene rings is 2. The third-order valence-electron chi connectivity index (χ3n) is 4.97. The van der Waals surface area contributed by atoms with E-state index in [0.717, 1.165) is 36.8 Å². The number of nitrogens with one attached hydrogen (secondary N) is 2. The number of rotatable bonds is 5. The number of nitrogens with zero attached hydrogens (tertiary/aromatic N) is 2. The second-order valence-corrected chi connectivity index (χ2v) is 6.61. The minimum Gasteiger partial charge on any atom is -0.360 e. The number of quaternary nitrogens is 1. The average molecular weight is 373 g/mol. The number of nitro groups is 1. The number of amides is 1. The van der Waals surface area contributed by atoms with Crippen molar-refractivity contribution in [1.29, 1.82) is 0 Å². The molecule has 2 N–H and O–H groups in total. The maximum atomic E-state index is 13.7. The Morgan fingerprint density at radius 1 is 1.19 bits per heavy atom. The summed E-state index contributed by atoms with van der Waals surface area (Å²) in [6, 6.07) is 12.3. The highest BCUT2D eigenvalue weighted by atomic mass is 19.1. The normalized spacial score (nSPS) is 16.0. The van der Waals surface area contributed by atoms with Gasteiger partial charge < -0.3 is 15.1 Å². The fraction of sp³-hybridized carbons (Fsp3) is 0.316. The number of para-hydroxylation sites is 1. The van der Waals surface area contributed by atoms with Crippen molar-refractivity contribution in [2.75, 3.05) is 36.4 Å². The Balaban J connectivity index is 1.55. The van der Waals surface area contributed by atoms with Gasteiger partial charge in [-0.25, -0.2) is 4.39 Å². The maximum absolute atomic E-state index is 13.7. The minimum atomic E-state index is -0.448. The van der Waals surface area contributed by atoms with Crippen LogP contribution in [0.5, 0.6) is 0 Å². The van der Waals surface area contributed by atoms with E-state index in [4.69, 9.17) is 0 Å². The second kappa shape index (κ2) is 8.13. The lowest BCUT2D eigenvalue weighted by Gasteiger charge is -2.36. The molecule has 0 aromatic heterocycles. The van der Waals surface area contributed by atoms with Crippen LogP contribution < -0.4 is 15.1 Å². The predicted molar refractivity (Wildman–Crippen MR) is 100 cm³/mol. The lowest BCUT2D eigenvalue weighted by Crippen LogP contribution is -3.19. The Bertz CT molecular complexity index is 820. The summed E-state index contributed by atoms with van der Waals surface area (Å²) in [5, 5.41) is 13.4. The van der Waals surface area contributed by atoms with Gasteiger partial charge in [-0.15, -0.1) is 0 Å². The van der Waals surface area contributed by atoms with Crippen LogP contribution in [0.2, 0.25) is 0 Å². The summed E-state index contributed by atoms with van der Waals surface area (Å²) < 4.78 is 13.7. The van der Waals surface area contributed by atoms with Gasteiger partial charge in [0.2, 0.25) is 0 Å². The summed E-state index contributed by atoms with van der Waals surface area (Å²) in [6.07, 6.45) is 0. The Morgan fingerprint density at radius 3 is 2.41 bits per heavy atom. The van der Waals surface area contributed by atoms with E-state index >= 15 is 0 Å². The van der Waals surface area contributed by atoms with Crippen molar-refractivity contribution in [2.24, 2.45) is 0 Å². The van der Waals surface area contributed by atoms with Crippen LogP contribution >= 0.6 is 0 Å². The largest absolute Gasteiger partial charge is 0.360 e. The zero-order valence-corrected chi connectivity index (χ0v) is 15.0. The highest BCUT2D eigenvalue weighted by Gasteiger charge is 2.29. The van der Waals surface area contributed by atoms with Crippen molar-refractivity contribution in [2.45, 2.75) is 13.0 Å². The van der Waals surface area contributed by atoms with Gasteiger partial charge in [-0.1, -0.05) is 12.1 Å². The number of carbonyl (C=O) groups excluding carboxylic acids is 1. The van der Waals surface area contributed by atoms with Gasteiger partial charge in [0.1, 0.15) is 5.82 Å². The summed E-state index contributed by atoms with van der Waals surface area (Å²) >= 11 is 0. The van der Waals surface area contributed by atoms with E-state index in [9.17, 15) is 19.3 Å². The van der Waals surface area contributed by atoms with Gasteiger partial charge in [0.05, 0.1) is 36.8 Å². The molecule has 0 bridgehead atoms. The Hall–Kier alpha value is -3.00. The average Bonchev–Trinajstić information content (AvgIpc) is 2.69. The summed E-state index contributed by atoms with van der Waals surface area (Å²) in [7, 11) is 0. The number of hydrogen-bond donors (Lipinski definition) is 2. The van der Waals surface area contributed by atoms with Crippen molar-refractivity contribution in [3.8, 4) is 0 Å². The molecule has 0 aliphatic carbocycles. The summed E-state index contributed by atoms with van der Waals surface area (Å²) in [6.45, 7) is 4.83. The molecular weight excluding hydrogens is 351 g/mol. The molecular formula is C19H22FN4O3+. The van der Waals surface area contributed by atoms with E-state index in [1.54, 1.807) is 30.3 Å². The maximum Gasteiger partial charge on any atom is 0.282 e. The zero-order chi connectivity index (χ0) is 19.4. The number of anilines is 2. The van der Waals surface area contributed by atoms with Gasteiger partial charge in [0.25, 0.3) is 11.6 Å². The highest BCUT2D eigenvalue weighted by Crippen LogP contribution is 2.19. The number of piperazine rings is 1. The Kier molecular flexibility index (Phi) is 5.66. The van der Waals surface area contributed by atoms with Crippen LogP contribution in [0.25, 0.3) is 0 Å². The SMILES string of the molecule is C[C@H](C(=O)Nc1ccccc1F)[NH+]1CCN(c2ccc([N+](=O)[O-])cc2)CC1. The van der Waals surface area contributed by atoms with Gasteiger partial charge in [0.15, 0.2) is 6.04 Å². The molecule has 0 unspecified atom stereocenters. The smallest absolute Gasteiger partial charge is 0.282 e. The Labute approximate surface area is 156 Å². The molecule has 1 amide bonds. The first-order chi connectivity index (χ1) is 13.0. The van der Waals surface area contributed by atoms with Gasteiger partial charge in [0, 0.05) is 17.8 Å². The Morgan fingerprint density at radius 2 is 1.81 bits per heavy atom. The van der Waals surface area contributed by atoms with Crippen LogP contribution in [0, 0.1) is 15.9 Å². The van der Waals surface area contributed by atoms with E-state index in [-0.39, 0.29) is 23.3 Å². The van der Waals surface area contributed by atoms with E-state index in [1.165, 1.54) is 18.2 Å². The molecule has 2 aromatic carbocycles. The molecule has 142 valence electrons. The van der Waals surface area contributed by atoms with Gasteiger partial charge in [-0.3, -0.25) is 14.9 Å². The van der Waals surface area contributed by atoms with Crippen LogP contribution in [-0.4, -0.2) is 43.1 Å². The van der Waals surface area contributed by atoms with E-state index in [1.807, 2.05) is 6.92 Å². The van der Waals surface area contributed by atoms with Gasteiger partial charge in [-0.2, -0.15) is 0 Å². The van der Waals surface area contributed by atoms with E-state index in [0.29, 0.717) is 0 Å². The number of halogens is 1. The van der Waals surface area contributed by atoms with Crippen molar-refractivity contribution < 1.29 is 19.0 Å². The van der Waals surface area contributed by atoms with Gasteiger partial charge in [-0.05, 0) is 31.2 Å². The molecule has 1 atom stereocenters. The fourth-order valence-corrected chi connectivity index (χ4v) is 3.26. The zero-order valence-electron chi connectivity index (χ0n) is 15.0. The molecule has 1 saturated heterocycles. The molecule has 8 heteroatoms. The molecule has 2 aromatic rings. The summed E-state index contributed by atoms with van der Waals surface area (Å²) in [4.78, 5) is 26.0. The van der Waals surface area contributed by atoms with Crippen LogP contribution in [0.3, 0.4) is 0 Å². The fourth-order valence-electron chi connectivity index (χ4n) is 3.26. The molecule has 0 saturated carbocycles. The molecule has 0 radical (unpaired) electrons. The predicted octanol–water partition coefficient (Wildman–Crippen LogP) is 1.47. The van der Waals surface area contributed by atoms with Crippen molar-refractivity contribution >= 4 is 23.0 Å². The first kappa shape index (κ1) is 18.8. The topological polar surface area (TPSA) is 79.9 Å². The van der Waals surface area contributed by atoms with Crippen molar-refractivity contribution in [3.63, 3.8) is 0 Å². The molecule has 1 heterocycles. The molecule has 0 spiro atoms. The number of non-ortho nitro benzene ring substituents is 1.